The van der Waals surface area contributed by atoms with E-state index in [4.69, 9.17) is 9.15 Å². The lowest BCUT2D eigenvalue weighted by atomic mass is 10.3. The summed E-state index contributed by atoms with van der Waals surface area (Å²) in [6.07, 6.45) is 3.39. The molecular weight excluding hydrogens is 260 g/mol. The summed E-state index contributed by atoms with van der Waals surface area (Å²) >= 11 is 1.67. The minimum atomic E-state index is 0. The molecule has 17 heavy (non-hydrogen) atoms. The first-order chi connectivity index (χ1) is 7.93. The van der Waals surface area contributed by atoms with Crippen LogP contribution in [0.4, 0.5) is 5.13 Å². The van der Waals surface area contributed by atoms with E-state index in [2.05, 4.69) is 15.3 Å². The summed E-state index contributed by atoms with van der Waals surface area (Å²) in [6, 6.07) is 1.93. The predicted molar refractivity (Wildman–Crippen MR) is 70.1 cm³/mol. The Morgan fingerprint density at radius 2 is 2.12 bits per heavy atom. The molecule has 1 aliphatic heterocycles. The van der Waals surface area contributed by atoms with Crippen LogP contribution < -0.4 is 4.90 Å². The molecule has 0 N–H and O–H groups in total. The molecule has 1 fully saturated rings. The number of ether oxygens (including phenoxy) is 1. The molecule has 0 amide bonds. The van der Waals surface area contributed by atoms with Crippen molar-refractivity contribution in [1.29, 1.82) is 0 Å². The van der Waals surface area contributed by atoms with Gasteiger partial charge in [-0.1, -0.05) is 0 Å². The van der Waals surface area contributed by atoms with Gasteiger partial charge in [-0.25, -0.2) is 4.98 Å². The number of furan rings is 1. The fourth-order valence-corrected chi connectivity index (χ4v) is 2.60. The molecule has 2 aromatic heterocycles. The number of rotatable bonds is 2. The Labute approximate surface area is 110 Å². The summed E-state index contributed by atoms with van der Waals surface area (Å²) in [7, 11) is 0. The van der Waals surface area contributed by atoms with E-state index in [1.807, 2.05) is 6.07 Å². The molecule has 4 nitrogen and oxygen atoms in total. The van der Waals surface area contributed by atoms with Gasteiger partial charge in [0.05, 0.1) is 31.4 Å². The lowest BCUT2D eigenvalue weighted by Gasteiger charge is -2.25. The molecule has 0 radical (unpaired) electrons. The number of aromatic nitrogens is 1. The minimum absolute atomic E-state index is 0. The third kappa shape index (κ3) is 2.62. The first-order valence-electron chi connectivity index (χ1n) is 5.24. The predicted octanol–water partition coefficient (Wildman–Crippen LogP) is 2.66. The summed E-state index contributed by atoms with van der Waals surface area (Å²) < 4.78 is 10.4. The van der Waals surface area contributed by atoms with Crippen molar-refractivity contribution in [3.8, 4) is 11.3 Å². The first-order valence-corrected chi connectivity index (χ1v) is 6.12. The van der Waals surface area contributed by atoms with Crippen molar-refractivity contribution in [3.05, 3.63) is 24.0 Å². The van der Waals surface area contributed by atoms with E-state index in [9.17, 15) is 0 Å². The second kappa shape index (κ2) is 5.53. The van der Waals surface area contributed by atoms with Crippen molar-refractivity contribution in [1.82, 2.24) is 4.98 Å². The van der Waals surface area contributed by atoms with Gasteiger partial charge >= 0.3 is 0 Å². The van der Waals surface area contributed by atoms with Gasteiger partial charge in [-0.05, 0) is 6.07 Å². The van der Waals surface area contributed by atoms with Gasteiger partial charge in [0.1, 0.15) is 0 Å². The van der Waals surface area contributed by atoms with E-state index >= 15 is 0 Å². The van der Waals surface area contributed by atoms with Gasteiger partial charge in [0.15, 0.2) is 5.13 Å². The summed E-state index contributed by atoms with van der Waals surface area (Å²) in [5.41, 5.74) is 2.02. The van der Waals surface area contributed by atoms with Gasteiger partial charge in [-0.15, -0.1) is 23.7 Å². The Morgan fingerprint density at radius 1 is 1.29 bits per heavy atom. The van der Waals surface area contributed by atoms with E-state index < -0.39 is 0 Å². The number of nitrogens with zero attached hydrogens (tertiary/aromatic N) is 2. The maximum absolute atomic E-state index is 5.32. The lowest BCUT2D eigenvalue weighted by Crippen LogP contribution is -2.36. The Morgan fingerprint density at radius 3 is 2.82 bits per heavy atom. The van der Waals surface area contributed by atoms with E-state index in [1.165, 1.54) is 0 Å². The fourth-order valence-electron chi connectivity index (χ4n) is 1.71. The SMILES string of the molecule is Cl.c1cc(-c2csc(N3CCOCC3)n2)co1. The summed E-state index contributed by atoms with van der Waals surface area (Å²) in [5, 5.41) is 3.13. The molecule has 3 heterocycles. The molecule has 0 saturated carbocycles. The number of morpholine rings is 1. The monoisotopic (exact) mass is 272 g/mol. The van der Waals surface area contributed by atoms with Crippen molar-refractivity contribution >= 4 is 28.9 Å². The molecule has 0 bridgehead atoms. The van der Waals surface area contributed by atoms with Crippen molar-refractivity contribution in [3.63, 3.8) is 0 Å². The number of halogens is 1. The zero-order valence-corrected chi connectivity index (χ0v) is 10.8. The normalized spacial score (nSPS) is 15.6. The molecule has 6 heteroatoms. The molecule has 1 saturated heterocycles. The van der Waals surface area contributed by atoms with E-state index in [0.29, 0.717) is 0 Å². The van der Waals surface area contributed by atoms with Gasteiger partial charge in [0.25, 0.3) is 0 Å². The third-order valence-electron chi connectivity index (χ3n) is 2.59. The largest absolute Gasteiger partial charge is 0.472 e. The fraction of sp³-hybridized carbons (Fsp3) is 0.364. The van der Waals surface area contributed by atoms with Crippen molar-refractivity contribution < 1.29 is 9.15 Å². The number of hydrogen-bond acceptors (Lipinski definition) is 5. The summed E-state index contributed by atoms with van der Waals surface area (Å²) in [5.74, 6) is 0. The zero-order valence-electron chi connectivity index (χ0n) is 9.17. The topological polar surface area (TPSA) is 38.5 Å². The standard InChI is InChI=1S/C11H12N2O2S.ClH/c1-4-15-7-9(1)10-8-16-11(12-10)13-2-5-14-6-3-13;/h1,4,7-8H,2-3,5-6H2;1H. The second-order valence-electron chi connectivity index (χ2n) is 3.63. The summed E-state index contributed by atoms with van der Waals surface area (Å²) in [4.78, 5) is 6.87. The second-order valence-corrected chi connectivity index (χ2v) is 4.46. The van der Waals surface area contributed by atoms with Crippen LogP contribution in [0.15, 0.2) is 28.4 Å². The maximum atomic E-state index is 5.32. The third-order valence-corrected chi connectivity index (χ3v) is 3.49. The minimum Gasteiger partial charge on any atom is -0.472 e. The van der Waals surface area contributed by atoms with Gasteiger partial charge in [0.2, 0.25) is 0 Å². The average molecular weight is 273 g/mol. The van der Waals surface area contributed by atoms with Gasteiger partial charge in [-0.3, -0.25) is 0 Å². The van der Waals surface area contributed by atoms with Crippen LogP contribution in [0.3, 0.4) is 0 Å². The van der Waals surface area contributed by atoms with Crippen LogP contribution in [0, 0.1) is 0 Å². The number of hydrogen-bond donors (Lipinski definition) is 0. The van der Waals surface area contributed by atoms with Crippen molar-refractivity contribution in [2.45, 2.75) is 0 Å². The van der Waals surface area contributed by atoms with Gasteiger partial charge in [0, 0.05) is 24.0 Å². The highest BCUT2D eigenvalue weighted by molar-refractivity contribution is 7.14. The highest BCUT2D eigenvalue weighted by Gasteiger charge is 2.15. The molecule has 3 rings (SSSR count). The highest BCUT2D eigenvalue weighted by Crippen LogP contribution is 2.27. The van der Waals surface area contributed by atoms with Crippen LogP contribution in [0.2, 0.25) is 0 Å². The number of anilines is 1. The van der Waals surface area contributed by atoms with Crippen LogP contribution in [0.1, 0.15) is 0 Å². The van der Waals surface area contributed by atoms with Crippen LogP contribution in [-0.2, 0) is 4.74 Å². The Balaban J connectivity index is 0.00000108. The van der Waals surface area contributed by atoms with Crippen LogP contribution in [-0.4, -0.2) is 31.3 Å². The van der Waals surface area contributed by atoms with Crippen LogP contribution >= 0.6 is 23.7 Å². The molecule has 0 aromatic carbocycles. The Hall–Kier alpha value is -1.04. The van der Waals surface area contributed by atoms with Crippen LogP contribution in [0.5, 0.6) is 0 Å². The number of thiazole rings is 1. The molecule has 92 valence electrons. The van der Waals surface area contributed by atoms with Crippen LogP contribution in [0.25, 0.3) is 11.3 Å². The smallest absolute Gasteiger partial charge is 0.186 e. The van der Waals surface area contributed by atoms with Crippen molar-refractivity contribution in [2.24, 2.45) is 0 Å². The average Bonchev–Trinajstić information content (AvgIpc) is 3.01. The Bertz CT molecular complexity index is 452. The zero-order chi connectivity index (χ0) is 10.8. The molecule has 2 aromatic rings. The van der Waals surface area contributed by atoms with Crippen molar-refractivity contribution in [2.75, 3.05) is 31.2 Å². The first kappa shape index (κ1) is 12.4. The maximum Gasteiger partial charge on any atom is 0.186 e. The molecule has 0 spiro atoms. The highest BCUT2D eigenvalue weighted by atomic mass is 35.5. The summed E-state index contributed by atoms with van der Waals surface area (Å²) in [6.45, 7) is 3.44. The van der Waals surface area contributed by atoms with E-state index in [1.54, 1.807) is 23.9 Å². The molecular formula is C11H13ClN2O2S. The molecule has 0 aliphatic carbocycles. The van der Waals surface area contributed by atoms with Gasteiger partial charge < -0.3 is 14.1 Å². The molecule has 1 aliphatic rings. The van der Waals surface area contributed by atoms with E-state index in [0.717, 1.165) is 42.7 Å². The van der Waals surface area contributed by atoms with Gasteiger partial charge in [-0.2, -0.15) is 0 Å². The Kier molecular flexibility index (Phi) is 4.04. The van der Waals surface area contributed by atoms with E-state index in [-0.39, 0.29) is 12.4 Å². The quantitative estimate of drug-likeness (QED) is 0.842. The lowest BCUT2D eigenvalue weighted by molar-refractivity contribution is 0.122. The molecule has 0 atom stereocenters. The molecule has 0 unspecified atom stereocenters.